The molecule has 0 saturated carbocycles. The van der Waals surface area contributed by atoms with Gasteiger partial charge in [0.1, 0.15) is 18.5 Å². The van der Waals surface area contributed by atoms with Gasteiger partial charge in [-0.25, -0.2) is 8.42 Å². The number of sulfonamides is 1. The largest absolute Gasteiger partial charge is 0.491 e. The molecule has 0 bridgehead atoms. The highest BCUT2D eigenvalue weighted by Crippen LogP contribution is 2.16. The first-order chi connectivity index (χ1) is 16.8. The van der Waals surface area contributed by atoms with Crippen LogP contribution in [0.4, 0.5) is 5.69 Å². The summed E-state index contributed by atoms with van der Waals surface area (Å²) in [4.78, 5) is 11.2. The maximum Gasteiger partial charge on any atom is 0.261 e. The van der Waals surface area contributed by atoms with Gasteiger partial charge in [-0.05, 0) is 60.5 Å². The fourth-order valence-corrected chi connectivity index (χ4v) is 4.32. The predicted octanol–water partition coefficient (Wildman–Crippen LogP) is 2.70. The minimum absolute atomic E-state index is 0.0794. The second kappa shape index (κ2) is 12.9. The van der Waals surface area contributed by atoms with E-state index in [1.165, 1.54) is 6.92 Å². The molecule has 9 heteroatoms. The molecule has 186 valence electrons. The van der Waals surface area contributed by atoms with Crippen molar-refractivity contribution in [3.05, 3.63) is 90.0 Å². The fraction of sp³-hybridized carbons (Fsp3) is 0.269. The molecule has 0 fully saturated rings. The van der Waals surface area contributed by atoms with Gasteiger partial charge in [-0.2, -0.15) is 0 Å². The van der Waals surface area contributed by atoms with Crippen molar-refractivity contribution in [1.29, 1.82) is 0 Å². The van der Waals surface area contributed by atoms with Crippen LogP contribution in [0.5, 0.6) is 5.75 Å². The highest BCUT2D eigenvalue weighted by atomic mass is 32.2. The van der Waals surface area contributed by atoms with Crippen LogP contribution in [0.3, 0.4) is 0 Å². The molecule has 3 aromatic rings. The second-order valence-corrected chi connectivity index (χ2v) is 9.77. The van der Waals surface area contributed by atoms with E-state index in [2.05, 4.69) is 15.4 Å². The Balaban J connectivity index is 1.34. The number of aliphatic hydroxyl groups is 1. The second-order valence-electron chi connectivity index (χ2n) is 8.09. The standard InChI is InChI=1S/C26H31N3O5S/c1-20(30)28-17-22-9-13-25(14-10-22)34-19-24(31)18-27-16-15-21-7-11-23(12-8-21)29-35(32,33)26-5-3-2-4-6-26/h2-14,24,27,29,31H,15-19H2,1H3,(H,28,30)/t24-/m0/s1. The van der Waals surface area contributed by atoms with E-state index in [1.807, 2.05) is 24.3 Å². The molecule has 3 aromatic carbocycles. The molecule has 0 radical (unpaired) electrons. The third-order valence-electron chi connectivity index (χ3n) is 5.14. The van der Waals surface area contributed by atoms with Gasteiger partial charge in [0.05, 0.1) is 4.90 Å². The molecule has 3 rings (SSSR count). The van der Waals surface area contributed by atoms with Crippen LogP contribution in [0.25, 0.3) is 0 Å². The molecule has 0 unspecified atom stereocenters. The molecular formula is C26H31N3O5S. The van der Waals surface area contributed by atoms with E-state index in [1.54, 1.807) is 54.6 Å². The fourth-order valence-electron chi connectivity index (χ4n) is 3.24. The molecule has 0 aromatic heterocycles. The van der Waals surface area contributed by atoms with Gasteiger partial charge < -0.3 is 20.5 Å². The minimum Gasteiger partial charge on any atom is -0.491 e. The Morgan fingerprint density at radius 2 is 1.60 bits per heavy atom. The van der Waals surface area contributed by atoms with E-state index in [4.69, 9.17) is 4.74 Å². The number of aliphatic hydroxyl groups excluding tert-OH is 1. The third-order valence-corrected chi connectivity index (χ3v) is 6.53. The summed E-state index contributed by atoms with van der Waals surface area (Å²) >= 11 is 0. The lowest BCUT2D eigenvalue weighted by Crippen LogP contribution is -2.32. The number of hydrogen-bond acceptors (Lipinski definition) is 6. The number of carbonyl (C=O) groups is 1. The summed E-state index contributed by atoms with van der Waals surface area (Å²) in [6.45, 7) is 3.14. The van der Waals surface area contributed by atoms with E-state index < -0.39 is 16.1 Å². The van der Waals surface area contributed by atoms with Crippen LogP contribution in [0.15, 0.2) is 83.8 Å². The minimum atomic E-state index is -3.61. The molecule has 0 heterocycles. The van der Waals surface area contributed by atoms with E-state index >= 15 is 0 Å². The number of hydrogen-bond donors (Lipinski definition) is 4. The summed E-state index contributed by atoms with van der Waals surface area (Å²) in [6.07, 6.45) is 0.0681. The van der Waals surface area contributed by atoms with E-state index in [0.717, 1.165) is 17.5 Å². The molecule has 8 nitrogen and oxygen atoms in total. The van der Waals surface area contributed by atoms with Gasteiger partial charge in [0.2, 0.25) is 5.91 Å². The number of rotatable bonds is 13. The summed E-state index contributed by atoms with van der Waals surface area (Å²) < 4.78 is 33.0. The van der Waals surface area contributed by atoms with Crippen molar-refractivity contribution < 1.29 is 23.1 Å². The zero-order valence-corrected chi connectivity index (χ0v) is 20.4. The topological polar surface area (TPSA) is 117 Å². The van der Waals surface area contributed by atoms with Gasteiger partial charge in [0, 0.05) is 25.7 Å². The molecule has 1 amide bonds. The lowest BCUT2D eigenvalue weighted by molar-refractivity contribution is -0.119. The van der Waals surface area contributed by atoms with Crippen molar-refractivity contribution in [1.82, 2.24) is 10.6 Å². The van der Waals surface area contributed by atoms with Crippen molar-refractivity contribution >= 4 is 21.6 Å². The highest BCUT2D eigenvalue weighted by molar-refractivity contribution is 7.92. The van der Waals surface area contributed by atoms with Crippen LogP contribution in [-0.2, 0) is 27.8 Å². The Morgan fingerprint density at radius 3 is 2.26 bits per heavy atom. The molecule has 0 aliphatic rings. The first-order valence-electron chi connectivity index (χ1n) is 11.3. The average Bonchev–Trinajstić information content (AvgIpc) is 2.86. The van der Waals surface area contributed by atoms with Gasteiger partial charge in [-0.1, -0.05) is 42.5 Å². The van der Waals surface area contributed by atoms with Gasteiger partial charge in [0.15, 0.2) is 0 Å². The number of nitrogens with one attached hydrogen (secondary N) is 3. The van der Waals surface area contributed by atoms with Crippen molar-refractivity contribution in [2.75, 3.05) is 24.4 Å². The van der Waals surface area contributed by atoms with Gasteiger partial charge in [-0.15, -0.1) is 0 Å². The van der Waals surface area contributed by atoms with Crippen LogP contribution in [0.2, 0.25) is 0 Å². The van der Waals surface area contributed by atoms with E-state index in [9.17, 15) is 18.3 Å². The summed E-state index contributed by atoms with van der Waals surface area (Å²) in [5, 5.41) is 16.1. The molecule has 4 N–H and O–H groups in total. The Morgan fingerprint density at radius 1 is 0.943 bits per heavy atom. The van der Waals surface area contributed by atoms with E-state index in [-0.39, 0.29) is 17.4 Å². The quantitative estimate of drug-likeness (QED) is 0.270. The van der Waals surface area contributed by atoms with Gasteiger partial charge >= 0.3 is 0 Å². The number of anilines is 1. The summed E-state index contributed by atoms with van der Waals surface area (Å²) in [5.74, 6) is 0.572. The normalized spacial score (nSPS) is 12.1. The van der Waals surface area contributed by atoms with Crippen molar-refractivity contribution in [2.45, 2.75) is 30.9 Å². The molecule has 0 saturated heterocycles. The highest BCUT2D eigenvalue weighted by Gasteiger charge is 2.13. The zero-order chi connectivity index (χ0) is 25.1. The smallest absolute Gasteiger partial charge is 0.261 e. The van der Waals surface area contributed by atoms with Gasteiger partial charge in [-0.3, -0.25) is 9.52 Å². The molecule has 35 heavy (non-hydrogen) atoms. The van der Waals surface area contributed by atoms with Crippen LogP contribution in [0.1, 0.15) is 18.1 Å². The van der Waals surface area contributed by atoms with Crippen molar-refractivity contribution in [2.24, 2.45) is 0 Å². The Bertz CT molecular complexity index is 1170. The zero-order valence-electron chi connectivity index (χ0n) is 19.6. The van der Waals surface area contributed by atoms with Crippen molar-refractivity contribution in [3.8, 4) is 5.75 Å². The van der Waals surface area contributed by atoms with Crippen LogP contribution >= 0.6 is 0 Å². The Kier molecular flexibility index (Phi) is 9.66. The Hall–Kier alpha value is -3.40. The third kappa shape index (κ3) is 9.05. The Labute approximate surface area is 206 Å². The molecular weight excluding hydrogens is 466 g/mol. The lowest BCUT2D eigenvalue weighted by atomic mass is 10.1. The lowest BCUT2D eigenvalue weighted by Gasteiger charge is -2.14. The predicted molar refractivity (Wildman–Crippen MR) is 136 cm³/mol. The van der Waals surface area contributed by atoms with E-state index in [0.29, 0.717) is 31.1 Å². The summed E-state index contributed by atoms with van der Waals surface area (Å²) in [6, 6.07) is 22.8. The van der Waals surface area contributed by atoms with Crippen molar-refractivity contribution in [3.63, 3.8) is 0 Å². The van der Waals surface area contributed by atoms with Crippen LogP contribution in [-0.4, -0.2) is 45.2 Å². The number of ether oxygens (including phenoxy) is 1. The van der Waals surface area contributed by atoms with Crippen LogP contribution < -0.4 is 20.1 Å². The maximum atomic E-state index is 12.4. The number of amides is 1. The molecule has 0 aliphatic carbocycles. The molecule has 1 atom stereocenters. The summed E-state index contributed by atoms with van der Waals surface area (Å²) in [5.41, 5.74) is 2.52. The molecule has 0 spiro atoms. The molecule has 0 aliphatic heterocycles. The summed E-state index contributed by atoms with van der Waals surface area (Å²) in [7, 11) is -3.61. The average molecular weight is 498 g/mol. The number of benzene rings is 3. The first-order valence-corrected chi connectivity index (χ1v) is 12.8. The SMILES string of the molecule is CC(=O)NCc1ccc(OC[C@@H](O)CNCCc2ccc(NS(=O)(=O)c3ccccc3)cc2)cc1. The maximum absolute atomic E-state index is 12.4. The monoisotopic (exact) mass is 497 g/mol. The number of carbonyl (C=O) groups excluding carboxylic acids is 1. The first kappa shape index (κ1) is 26.2. The van der Waals surface area contributed by atoms with Gasteiger partial charge in [0.25, 0.3) is 10.0 Å². The van der Waals surface area contributed by atoms with Crippen LogP contribution in [0, 0.1) is 0 Å².